The van der Waals surface area contributed by atoms with Gasteiger partial charge in [0.05, 0.1) is 6.54 Å². The molecule has 2 atom stereocenters. The van der Waals surface area contributed by atoms with Crippen LogP contribution in [0.1, 0.15) is 31.8 Å². The average Bonchev–Trinajstić information content (AvgIpc) is 2.82. The van der Waals surface area contributed by atoms with E-state index in [1.165, 1.54) is 0 Å². The average molecular weight is 272 g/mol. The van der Waals surface area contributed by atoms with Crippen LogP contribution in [0.5, 0.6) is 0 Å². The minimum atomic E-state index is -3.46. The molecule has 6 heteroatoms. The van der Waals surface area contributed by atoms with Crippen molar-refractivity contribution in [2.24, 2.45) is 11.7 Å². The zero-order chi connectivity index (χ0) is 13.5. The first kappa shape index (κ1) is 13.6. The zero-order valence-electron chi connectivity index (χ0n) is 11.0. The van der Waals surface area contributed by atoms with Gasteiger partial charge in [0.25, 0.3) is 0 Å². The molecule has 102 valence electrons. The van der Waals surface area contributed by atoms with Crippen molar-refractivity contribution >= 4 is 10.0 Å². The third-order valence-electron chi connectivity index (χ3n) is 3.44. The molecule has 0 saturated carbocycles. The lowest BCUT2D eigenvalue weighted by molar-refractivity contribution is 0.403. The number of hydrogen-bond donors (Lipinski definition) is 1. The van der Waals surface area contributed by atoms with Gasteiger partial charge in [-0.1, -0.05) is 6.92 Å². The Balaban J connectivity index is 2.39. The van der Waals surface area contributed by atoms with Gasteiger partial charge in [0.1, 0.15) is 16.4 Å². The van der Waals surface area contributed by atoms with E-state index in [0.29, 0.717) is 24.0 Å². The topological polar surface area (TPSA) is 76.5 Å². The highest BCUT2D eigenvalue weighted by Gasteiger charge is 2.37. The second-order valence-electron chi connectivity index (χ2n) is 5.10. The maximum atomic E-state index is 12.6. The van der Waals surface area contributed by atoms with Gasteiger partial charge in [0, 0.05) is 18.7 Å². The lowest BCUT2D eigenvalue weighted by Crippen LogP contribution is -2.34. The molecule has 1 aromatic rings. The van der Waals surface area contributed by atoms with Crippen molar-refractivity contribution in [2.45, 2.75) is 44.7 Å². The molecule has 2 rings (SSSR count). The van der Waals surface area contributed by atoms with Gasteiger partial charge in [0.2, 0.25) is 10.0 Å². The molecule has 0 bridgehead atoms. The van der Waals surface area contributed by atoms with Gasteiger partial charge in [-0.25, -0.2) is 8.42 Å². The molecule has 1 aliphatic heterocycles. The smallest absolute Gasteiger partial charge is 0.246 e. The highest BCUT2D eigenvalue weighted by atomic mass is 32.2. The maximum absolute atomic E-state index is 12.6. The molecule has 1 fully saturated rings. The third-order valence-corrected chi connectivity index (χ3v) is 5.53. The fourth-order valence-electron chi connectivity index (χ4n) is 2.60. The van der Waals surface area contributed by atoms with Crippen LogP contribution in [0.2, 0.25) is 0 Å². The molecule has 1 aliphatic rings. The standard InChI is InChI=1S/C12H20N2O3S/c1-8-4-9(2)14(7-8)18(15,16)12-5-11(6-13)17-10(12)3/h5,8-9H,4,6-7,13H2,1-3H3. The largest absolute Gasteiger partial charge is 0.464 e. The van der Waals surface area contributed by atoms with E-state index in [-0.39, 0.29) is 17.5 Å². The first-order chi connectivity index (χ1) is 8.36. The molecule has 0 spiro atoms. The highest BCUT2D eigenvalue weighted by Crippen LogP contribution is 2.31. The predicted octanol–water partition coefficient (Wildman–Crippen LogP) is 1.47. The molecule has 0 amide bonds. The number of hydrogen-bond acceptors (Lipinski definition) is 4. The van der Waals surface area contributed by atoms with E-state index in [2.05, 4.69) is 6.92 Å². The zero-order valence-corrected chi connectivity index (χ0v) is 11.8. The molecule has 5 nitrogen and oxygen atoms in total. The molecular formula is C12H20N2O3S. The van der Waals surface area contributed by atoms with Gasteiger partial charge in [-0.05, 0) is 26.2 Å². The second-order valence-corrected chi connectivity index (χ2v) is 6.96. The fourth-order valence-corrected chi connectivity index (χ4v) is 4.55. The van der Waals surface area contributed by atoms with Gasteiger partial charge in [0.15, 0.2) is 0 Å². The molecular weight excluding hydrogens is 252 g/mol. The lowest BCUT2D eigenvalue weighted by atomic mass is 10.1. The molecule has 0 aliphatic carbocycles. The van der Waals surface area contributed by atoms with Gasteiger partial charge < -0.3 is 10.2 Å². The summed E-state index contributed by atoms with van der Waals surface area (Å²) < 4.78 is 32.0. The Bertz CT molecular complexity index is 536. The second kappa shape index (κ2) is 4.68. The van der Waals surface area contributed by atoms with E-state index in [1.54, 1.807) is 17.3 Å². The summed E-state index contributed by atoms with van der Waals surface area (Å²) in [4.78, 5) is 0.254. The minimum Gasteiger partial charge on any atom is -0.464 e. The van der Waals surface area contributed by atoms with Crippen molar-refractivity contribution in [2.75, 3.05) is 6.54 Å². The Kier molecular flexibility index (Phi) is 3.53. The van der Waals surface area contributed by atoms with Crippen molar-refractivity contribution < 1.29 is 12.8 Å². The maximum Gasteiger partial charge on any atom is 0.246 e. The first-order valence-corrected chi connectivity index (χ1v) is 7.61. The summed E-state index contributed by atoms with van der Waals surface area (Å²) in [5.74, 6) is 1.32. The number of nitrogens with two attached hydrogens (primary N) is 1. The SMILES string of the molecule is Cc1oc(CN)cc1S(=O)(=O)N1CC(C)CC1C. The lowest BCUT2D eigenvalue weighted by Gasteiger charge is -2.20. The number of furan rings is 1. The van der Waals surface area contributed by atoms with Gasteiger partial charge in [-0.3, -0.25) is 0 Å². The van der Waals surface area contributed by atoms with E-state index in [0.717, 1.165) is 6.42 Å². The molecule has 1 aromatic heterocycles. The van der Waals surface area contributed by atoms with Crippen LogP contribution in [-0.4, -0.2) is 25.3 Å². The van der Waals surface area contributed by atoms with E-state index in [1.807, 2.05) is 6.92 Å². The quantitative estimate of drug-likeness (QED) is 0.904. The van der Waals surface area contributed by atoms with Gasteiger partial charge in [-0.2, -0.15) is 4.31 Å². The molecule has 0 aromatic carbocycles. The summed E-state index contributed by atoms with van der Waals surface area (Å²) in [6.45, 7) is 6.46. The molecule has 0 radical (unpaired) electrons. The Hall–Kier alpha value is -0.850. The van der Waals surface area contributed by atoms with Crippen molar-refractivity contribution in [1.82, 2.24) is 4.31 Å². The summed E-state index contributed by atoms with van der Waals surface area (Å²) in [5, 5.41) is 0. The van der Waals surface area contributed by atoms with Crippen LogP contribution in [0, 0.1) is 12.8 Å². The van der Waals surface area contributed by atoms with Crippen LogP contribution in [0.3, 0.4) is 0 Å². The molecule has 2 unspecified atom stereocenters. The van der Waals surface area contributed by atoms with Crippen LogP contribution in [0.15, 0.2) is 15.4 Å². The highest BCUT2D eigenvalue weighted by molar-refractivity contribution is 7.89. The van der Waals surface area contributed by atoms with Crippen LogP contribution in [0.4, 0.5) is 0 Å². The summed E-state index contributed by atoms with van der Waals surface area (Å²) >= 11 is 0. The summed E-state index contributed by atoms with van der Waals surface area (Å²) in [7, 11) is -3.46. The normalized spacial score (nSPS) is 25.8. The molecule has 18 heavy (non-hydrogen) atoms. The van der Waals surface area contributed by atoms with E-state index in [4.69, 9.17) is 10.2 Å². The first-order valence-electron chi connectivity index (χ1n) is 6.17. The monoisotopic (exact) mass is 272 g/mol. The fraction of sp³-hybridized carbons (Fsp3) is 0.667. The molecule has 2 heterocycles. The van der Waals surface area contributed by atoms with Crippen molar-refractivity contribution in [1.29, 1.82) is 0 Å². The van der Waals surface area contributed by atoms with Gasteiger partial charge in [-0.15, -0.1) is 0 Å². The van der Waals surface area contributed by atoms with E-state index in [9.17, 15) is 8.42 Å². The Labute approximate surface area is 108 Å². The molecule has 2 N–H and O–H groups in total. The van der Waals surface area contributed by atoms with Gasteiger partial charge >= 0.3 is 0 Å². The number of nitrogens with zero attached hydrogens (tertiary/aromatic N) is 1. The predicted molar refractivity (Wildman–Crippen MR) is 68.5 cm³/mol. The van der Waals surface area contributed by atoms with Crippen molar-refractivity contribution in [3.8, 4) is 0 Å². The van der Waals surface area contributed by atoms with Crippen LogP contribution >= 0.6 is 0 Å². The summed E-state index contributed by atoms with van der Waals surface area (Å²) in [6.07, 6.45) is 0.903. The van der Waals surface area contributed by atoms with Crippen LogP contribution in [-0.2, 0) is 16.6 Å². The summed E-state index contributed by atoms with van der Waals surface area (Å²) in [5.41, 5.74) is 5.48. The number of rotatable bonds is 3. The van der Waals surface area contributed by atoms with E-state index >= 15 is 0 Å². The molecule has 1 saturated heterocycles. The Morgan fingerprint density at radius 2 is 2.17 bits per heavy atom. The van der Waals surface area contributed by atoms with E-state index < -0.39 is 10.0 Å². The number of aryl methyl sites for hydroxylation is 1. The summed E-state index contributed by atoms with van der Waals surface area (Å²) in [6, 6.07) is 1.58. The Morgan fingerprint density at radius 3 is 2.61 bits per heavy atom. The Morgan fingerprint density at radius 1 is 1.50 bits per heavy atom. The van der Waals surface area contributed by atoms with Crippen molar-refractivity contribution in [3.63, 3.8) is 0 Å². The third kappa shape index (κ3) is 2.20. The number of sulfonamides is 1. The van der Waals surface area contributed by atoms with Crippen LogP contribution < -0.4 is 5.73 Å². The van der Waals surface area contributed by atoms with Crippen LogP contribution in [0.25, 0.3) is 0 Å². The minimum absolute atomic E-state index is 0.0422. The van der Waals surface area contributed by atoms with Crippen molar-refractivity contribution in [3.05, 3.63) is 17.6 Å².